The van der Waals surface area contributed by atoms with Crippen molar-refractivity contribution in [3.05, 3.63) is 23.9 Å². The summed E-state index contributed by atoms with van der Waals surface area (Å²) in [5, 5.41) is 6.13. The van der Waals surface area contributed by atoms with Crippen molar-refractivity contribution in [3.8, 4) is 0 Å². The Balaban J connectivity index is 1.96. The van der Waals surface area contributed by atoms with Gasteiger partial charge in [0, 0.05) is 32.9 Å². The Morgan fingerprint density at radius 3 is 2.90 bits per heavy atom. The third-order valence-corrected chi connectivity index (χ3v) is 4.14. The highest BCUT2D eigenvalue weighted by Gasteiger charge is 2.40. The maximum Gasteiger partial charge on any atom is 0.227 e. The first-order chi connectivity index (χ1) is 10.1. The smallest absolute Gasteiger partial charge is 0.227 e. The summed E-state index contributed by atoms with van der Waals surface area (Å²) in [5.41, 5.74) is 0.887. The third-order valence-electron chi connectivity index (χ3n) is 4.14. The second-order valence-electron chi connectivity index (χ2n) is 6.01. The Labute approximate surface area is 127 Å². The van der Waals surface area contributed by atoms with Gasteiger partial charge in [-0.3, -0.25) is 4.79 Å². The number of anilines is 1. The first kappa shape index (κ1) is 15.8. The van der Waals surface area contributed by atoms with Crippen molar-refractivity contribution in [2.75, 3.05) is 31.6 Å². The van der Waals surface area contributed by atoms with E-state index in [0.717, 1.165) is 44.8 Å². The Morgan fingerprint density at radius 2 is 2.29 bits per heavy atom. The number of carbonyl (C=O) groups is 1. The highest BCUT2D eigenvalue weighted by Crippen LogP contribution is 2.32. The maximum absolute atomic E-state index is 11.9. The molecule has 1 aliphatic heterocycles. The fourth-order valence-electron chi connectivity index (χ4n) is 2.76. The molecular formula is C16H26N4O. The molecule has 21 heavy (non-hydrogen) atoms. The number of aromatic nitrogens is 1. The first-order valence-corrected chi connectivity index (χ1v) is 7.72. The zero-order valence-corrected chi connectivity index (χ0v) is 13.3. The molecule has 5 nitrogen and oxygen atoms in total. The molecule has 0 radical (unpaired) electrons. The van der Waals surface area contributed by atoms with Gasteiger partial charge in [0.05, 0.1) is 5.41 Å². The lowest BCUT2D eigenvalue weighted by molar-refractivity contribution is -0.128. The lowest BCUT2D eigenvalue weighted by Crippen LogP contribution is -2.39. The summed E-state index contributed by atoms with van der Waals surface area (Å²) in [6.45, 7) is 7.67. The van der Waals surface area contributed by atoms with Crippen LogP contribution in [0.5, 0.6) is 0 Å². The molecule has 0 aliphatic carbocycles. The fraction of sp³-hybridized carbons (Fsp3) is 0.625. The van der Waals surface area contributed by atoms with Gasteiger partial charge in [-0.1, -0.05) is 13.0 Å². The molecule has 116 valence electrons. The van der Waals surface area contributed by atoms with Gasteiger partial charge in [0.15, 0.2) is 0 Å². The van der Waals surface area contributed by atoms with Crippen LogP contribution in [-0.2, 0) is 11.3 Å². The number of nitrogens with zero attached hydrogens (tertiary/aromatic N) is 2. The van der Waals surface area contributed by atoms with Crippen molar-refractivity contribution in [1.29, 1.82) is 0 Å². The Morgan fingerprint density at radius 1 is 1.48 bits per heavy atom. The minimum absolute atomic E-state index is 0.116. The van der Waals surface area contributed by atoms with Gasteiger partial charge in [0.1, 0.15) is 5.82 Å². The molecule has 0 saturated carbocycles. The molecule has 1 aromatic heterocycles. The summed E-state index contributed by atoms with van der Waals surface area (Å²) in [7, 11) is 1.70. The highest BCUT2D eigenvalue weighted by atomic mass is 16.2. The molecule has 2 N–H and O–H groups in total. The van der Waals surface area contributed by atoms with Crippen molar-refractivity contribution in [1.82, 2.24) is 15.6 Å². The SMILES string of the molecule is CCCNCc1ccc(N2CCC(C)(C(=O)NC)C2)nc1. The van der Waals surface area contributed by atoms with Crippen molar-refractivity contribution < 1.29 is 4.79 Å². The van der Waals surface area contributed by atoms with E-state index in [2.05, 4.69) is 39.6 Å². The Kier molecular flexibility index (Phi) is 5.17. The summed E-state index contributed by atoms with van der Waals surface area (Å²) >= 11 is 0. The molecule has 0 spiro atoms. The summed E-state index contributed by atoms with van der Waals surface area (Å²) < 4.78 is 0. The van der Waals surface area contributed by atoms with Crippen LogP contribution in [0.1, 0.15) is 32.3 Å². The predicted molar refractivity (Wildman–Crippen MR) is 85.2 cm³/mol. The summed E-state index contributed by atoms with van der Waals surface area (Å²) in [6.07, 6.45) is 3.93. The van der Waals surface area contributed by atoms with Gasteiger partial charge in [0.25, 0.3) is 0 Å². The van der Waals surface area contributed by atoms with Gasteiger partial charge in [-0.2, -0.15) is 0 Å². The van der Waals surface area contributed by atoms with E-state index in [9.17, 15) is 4.79 Å². The number of rotatable bonds is 6. The van der Waals surface area contributed by atoms with E-state index in [-0.39, 0.29) is 11.3 Å². The quantitative estimate of drug-likeness (QED) is 0.780. The standard InChI is InChI=1S/C16H26N4O/c1-4-8-18-10-13-5-6-14(19-11-13)20-9-7-16(2,12-20)15(21)17-3/h5-6,11,18H,4,7-10,12H2,1-3H3,(H,17,21). The minimum Gasteiger partial charge on any atom is -0.359 e. The van der Waals surface area contributed by atoms with Crippen LogP contribution >= 0.6 is 0 Å². The zero-order chi connectivity index (χ0) is 15.3. The normalized spacial score (nSPS) is 21.6. The van der Waals surface area contributed by atoms with E-state index in [4.69, 9.17) is 0 Å². The Bertz CT molecular complexity index is 474. The Hall–Kier alpha value is -1.62. The van der Waals surface area contributed by atoms with Crippen molar-refractivity contribution >= 4 is 11.7 Å². The van der Waals surface area contributed by atoms with Crippen LogP contribution in [0.15, 0.2) is 18.3 Å². The summed E-state index contributed by atoms with van der Waals surface area (Å²) in [4.78, 5) is 18.7. The van der Waals surface area contributed by atoms with Crippen LogP contribution in [0.25, 0.3) is 0 Å². The predicted octanol–water partition coefficient (Wildman–Crippen LogP) is 1.54. The minimum atomic E-state index is -0.308. The summed E-state index contributed by atoms with van der Waals surface area (Å²) in [5.74, 6) is 1.08. The number of carbonyl (C=O) groups excluding carboxylic acids is 1. The van der Waals surface area contributed by atoms with Crippen molar-refractivity contribution in [3.63, 3.8) is 0 Å². The van der Waals surface area contributed by atoms with Crippen LogP contribution < -0.4 is 15.5 Å². The molecule has 1 amide bonds. The second-order valence-corrected chi connectivity index (χ2v) is 6.01. The number of pyridine rings is 1. The molecule has 5 heteroatoms. The lowest BCUT2D eigenvalue weighted by Gasteiger charge is -2.23. The van der Waals surface area contributed by atoms with E-state index in [1.807, 2.05) is 13.1 Å². The van der Waals surface area contributed by atoms with Crippen LogP contribution in [0.3, 0.4) is 0 Å². The van der Waals surface area contributed by atoms with E-state index in [1.165, 1.54) is 5.56 Å². The molecule has 1 atom stereocenters. The van der Waals surface area contributed by atoms with E-state index in [0.29, 0.717) is 0 Å². The molecule has 0 bridgehead atoms. The molecule has 2 rings (SSSR count). The fourth-order valence-corrected chi connectivity index (χ4v) is 2.76. The van der Waals surface area contributed by atoms with E-state index >= 15 is 0 Å². The van der Waals surface area contributed by atoms with Crippen molar-refractivity contribution in [2.45, 2.75) is 33.2 Å². The lowest BCUT2D eigenvalue weighted by atomic mass is 9.89. The number of amides is 1. The topological polar surface area (TPSA) is 57.3 Å². The molecule has 2 heterocycles. The van der Waals surface area contributed by atoms with Crippen LogP contribution in [-0.4, -0.2) is 37.6 Å². The van der Waals surface area contributed by atoms with Crippen molar-refractivity contribution in [2.24, 2.45) is 5.41 Å². The van der Waals surface area contributed by atoms with E-state index < -0.39 is 0 Å². The van der Waals surface area contributed by atoms with E-state index in [1.54, 1.807) is 7.05 Å². The third kappa shape index (κ3) is 3.73. The number of hydrogen-bond donors (Lipinski definition) is 2. The molecule has 1 aromatic rings. The monoisotopic (exact) mass is 290 g/mol. The molecule has 1 aliphatic rings. The van der Waals surface area contributed by atoms with Gasteiger partial charge in [-0.05, 0) is 37.9 Å². The number of hydrogen-bond acceptors (Lipinski definition) is 4. The average Bonchev–Trinajstić information content (AvgIpc) is 2.91. The molecule has 1 fully saturated rings. The average molecular weight is 290 g/mol. The van der Waals surface area contributed by atoms with Gasteiger partial charge < -0.3 is 15.5 Å². The van der Waals surface area contributed by atoms with Crippen LogP contribution in [0, 0.1) is 5.41 Å². The second kappa shape index (κ2) is 6.89. The zero-order valence-electron chi connectivity index (χ0n) is 13.3. The molecular weight excluding hydrogens is 264 g/mol. The van der Waals surface area contributed by atoms with Gasteiger partial charge in [-0.25, -0.2) is 4.98 Å². The largest absolute Gasteiger partial charge is 0.359 e. The number of nitrogens with one attached hydrogen (secondary N) is 2. The van der Waals surface area contributed by atoms with Crippen LogP contribution in [0.4, 0.5) is 5.82 Å². The molecule has 0 aromatic carbocycles. The molecule has 1 unspecified atom stereocenters. The summed E-state index contributed by atoms with van der Waals surface area (Å²) in [6, 6.07) is 4.17. The van der Waals surface area contributed by atoms with Gasteiger partial charge in [0.2, 0.25) is 5.91 Å². The van der Waals surface area contributed by atoms with Gasteiger partial charge in [-0.15, -0.1) is 0 Å². The van der Waals surface area contributed by atoms with Crippen LogP contribution in [0.2, 0.25) is 0 Å². The maximum atomic E-state index is 11.9. The molecule has 1 saturated heterocycles. The van der Waals surface area contributed by atoms with Gasteiger partial charge >= 0.3 is 0 Å². The first-order valence-electron chi connectivity index (χ1n) is 7.72. The highest BCUT2D eigenvalue weighted by molar-refractivity contribution is 5.83.